The van der Waals surface area contributed by atoms with Crippen molar-refractivity contribution in [3.63, 3.8) is 0 Å². The van der Waals surface area contributed by atoms with E-state index in [0.29, 0.717) is 40.7 Å². The molecule has 4 saturated heterocycles. The van der Waals surface area contributed by atoms with Gasteiger partial charge in [0.2, 0.25) is 20.0 Å². The molecule has 1 N–H and O–H groups in total. The molecule has 0 saturated carbocycles. The summed E-state index contributed by atoms with van der Waals surface area (Å²) < 4.78 is 62.9. The summed E-state index contributed by atoms with van der Waals surface area (Å²) in [5.74, 6) is 0.539. The molecule has 4 aliphatic rings. The lowest BCUT2D eigenvalue weighted by atomic mass is 10.0. The van der Waals surface area contributed by atoms with Crippen LogP contribution in [0.1, 0.15) is 73.4 Å². The number of aromatic nitrogens is 2. The second kappa shape index (κ2) is 15.7. The number of rotatable bonds is 4. The summed E-state index contributed by atoms with van der Waals surface area (Å²) in [7, 11) is -7.25. The van der Waals surface area contributed by atoms with E-state index < -0.39 is 25.6 Å². The number of fused-ring (bicyclic) bond motifs is 4. The first kappa shape index (κ1) is 42.5. The molecule has 8 rings (SSSR count). The Balaban J connectivity index is 0.000000210. The third-order valence-corrected chi connectivity index (χ3v) is 15.4. The summed E-state index contributed by atoms with van der Waals surface area (Å²) in [5, 5.41) is 6.63. The Hall–Kier alpha value is -3.69. The molecule has 4 aromatic rings. The topological polar surface area (TPSA) is 142 Å². The van der Waals surface area contributed by atoms with E-state index in [2.05, 4.69) is 15.3 Å². The molecule has 2 aromatic heterocycles. The molecule has 55 heavy (non-hydrogen) atoms. The number of carbonyl (C=O) groups excluding carboxylic acids is 1. The highest BCUT2D eigenvalue weighted by molar-refractivity contribution is 7.89. The fourth-order valence-corrected chi connectivity index (χ4v) is 13.0. The maximum atomic E-state index is 13.7. The first-order chi connectivity index (χ1) is 25.0. The van der Waals surface area contributed by atoms with Crippen LogP contribution < -0.4 is 5.32 Å². The number of pyridine rings is 2. The van der Waals surface area contributed by atoms with E-state index >= 15 is 0 Å². The van der Waals surface area contributed by atoms with Crippen molar-refractivity contribution in [2.24, 2.45) is 11.8 Å². The predicted molar refractivity (Wildman–Crippen MR) is 218 cm³/mol. The number of carbonyl (C=O) groups is 1. The Bertz CT molecular complexity index is 2270. The smallest absolute Gasteiger partial charge is 0.410 e. The lowest BCUT2D eigenvalue weighted by molar-refractivity contribution is 0.0196. The van der Waals surface area contributed by atoms with Crippen molar-refractivity contribution in [1.29, 1.82) is 0 Å². The zero-order valence-corrected chi connectivity index (χ0v) is 33.1. The molecular weight excluding hydrogens is 737 g/mol. The SMILES string of the molecule is C.C.Cc1cncc2cccc(S(=O)(=O)N3CC4CCN(C(=O)OC(C)(C)C)C4C3C)c12.Cc1cncc2cccc(S(=O)(=O)N3CC4CCNC4C3C)c12. The van der Waals surface area contributed by atoms with Crippen LogP contribution in [-0.2, 0) is 24.8 Å². The van der Waals surface area contributed by atoms with Gasteiger partial charge in [0.15, 0.2) is 0 Å². The summed E-state index contributed by atoms with van der Waals surface area (Å²) in [5.41, 5.74) is 1.14. The van der Waals surface area contributed by atoms with Gasteiger partial charge in [0.1, 0.15) is 5.60 Å². The van der Waals surface area contributed by atoms with E-state index in [1.165, 1.54) is 0 Å². The van der Waals surface area contributed by atoms with Crippen LogP contribution in [0.25, 0.3) is 21.5 Å². The van der Waals surface area contributed by atoms with Crippen molar-refractivity contribution in [2.45, 2.75) is 116 Å². The number of aryl methyl sites for hydroxylation is 2. The predicted octanol–water partition coefficient (Wildman–Crippen LogP) is 6.75. The van der Waals surface area contributed by atoms with E-state index in [0.717, 1.165) is 46.7 Å². The van der Waals surface area contributed by atoms with Crippen LogP contribution in [0.4, 0.5) is 4.79 Å². The minimum absolute atomic E-state index is 0. The van der Waals surface area contributed by atoms with Gasteiger partial charge in [-0.3, -0.25) is 9.97 Å². The molecular formula is C41H58N6O6S2. The van der Waals surface area contributed by atoms with Gasteiger partial charge in [0.05, 0.1) is 15.8 Å². The molecule has 0 bridgehead atoms. The Kier molecular flexibility index (Phi) is 12.1. The van der Waals surface area contributed by atoms with Gasteiger partial charge >= 0.3 is 6.09 Å². The zero-order valence-electron chi connectivity index (χ0n) is 31.5. The number of likely N-dealkylation sites (tertiary alicyclic amines) is 1. The molecule has 4 aliphatic heterocycles. The molecule has 0 radical (unpaired) electrons. The number of ether oxygens (including phenoxy) is 1. The van der Waals surface area contributed by atoms with Gasteiger partial charge in [-0.05, 0) is 103 Å². The van der Waals surface area contributed by atoms with Gasteiger partial charge < -0.3 is 15.0 Å². The van der Waals surface area contributed by atoms with Crippen molar-refractivity contribution >= 4 is 47.7 Å². The van der Waals surface area contributed by atoms with Crippen LogP contribution in [0.5, 0.6) is 0 Å². The van der Waals surface area contributed by atoms with Crippen molar-refractivity contribution in [3.8, 4) is 0 Å². The van der Waals surface area contributed by atoms with Crippen molar-refractivity contribution in [1.82, 2.24) is 28.8 Å². The number of nitrogens with one attached hydrogen (secondary N) is 1. The van der Waals surface area contributed by atoms with E-state index in [4.69, 9.17) is 4.74 Å². The molecule has 6 heterocycles. The minimum Gasteiger partial charge on any atom is -0.444 e. The second-order valence-electron chi connectivity index (χ2n) is 16.0. The molecule has 0 aliphatic carbocycles. The average Bonchev–Trinajstić information content (AvgIpc) is 3.88. The molecule has 0 spiro atoms. The van der Waals surface area contributed by atoms with E-state index in [-0.39, 0.29) is 51.0 Å². The first-order valence-electron chi connectivity index (χ1n) is 18.4. The summed E-state index contributed by atoms with van der Waals surface area (Å²) in [6.45, 7) is 15.8. The molecule has 12 nitrogen and oxygen atoms in total. The number of hydrogen-bond donors (Lipinski definition) is 1. The van der Waals surface area contributed by atoms with Crippen LogP contribution in [-0.4, -0.2) is 102 Å². The van der Waals surface area contributed by atoms with Crippen molar-refractivity contribution < 1.29 is 26.4 Å². The van der Waals surface area contributed by atoms with Gasteiger partial charge in [-0.2, -0.15) is 8.61 Å². The zero-order chi connectivity index (χ0) is 38.0. The van der Waals surface area contributed by atoms with Crippen molar-refractivity contribution in [3.05, 3.63) is 72.3 Å². The summed E-state index contributed by atoms with van der Waals surface area (Å²) >= 11 is 0. The summed E-state index contributed by atoms with van der Waals surface area (Å²) in [6, 6.07) is 10.5. The molecule has 300 valence electrons. The van der Waals surface area contributed by atoms with Crippen LogP contribution in [0, 0.1) is 25.7 Å². The third kappa shape index (κ3) is 7.60. The van der Waals surface area contributed by atoms with Gasteiger partial charge in [0, 0.05) is 84.1 Å². The minimum atomic E-state index is -3.74. The van der Waals surface area contributed by atoms with Gasteiger partial charge in [-0.1, -0.05) is 39.1 Å². The van der Waals surface area contributed by atoms with E-state index in [9.17, 15) is 21.6 Å². The Labute approximate surface area is 327 Å². The van der Waals surface area contributed by atoms with Gasteiger partial charge in [0.25, 0.3) is 0 Å². The standard InChI is InChI=1S/C22H29N3O4S.C17H21N3O2S.2CH4/c1-14-11-23-12-16-7-6-8-18(19(14)16)30(27,28)25-13-17-9-10-24(20(17)15(25)2)21(26)29-22(3,4)5;1-11-8-18-9-13-4-3-5-15(16(11)13)23(21,22)20-10-14-6-7-19-17(14)12(20)2;;/h6-8,11-12,15,17,20H,9-10,13H2,1-5H3;3-5,8-9,12,14,17,19H,6-7,10H2,1-2H3;2*1H4. The molecule has 2 aromatic carbocycles. The maximum absolute atomic E-state index is 13.7. The highest BCUT2D eigenvalue weighted by Crippen LogP contribution is 2.41. The van der Waals surface area contributed by atoms with E-state index in [1.807, 2.05) is 60.6 Å². The highest BCUT2D eigenvalue weighted by atomic mass is 32.2. The fraction of sp³-hybridized carbons (Fsp3) is 0.537. The van der Waals surface area contributed by atoms with Crippen LogP contribution in [0.15, 0.2) is 71.0 Å². The summed E-state index contributed by atoms with van der Waals surface area (Å²) in [6.07, 6.45) is 8.30. The lowest BCUT2D eigenvalue weighted by Gasteiger charge is -2.32. The Morgan fingerprint density at radius 3 is 1.78 bits per heavy atom. The van der Waals surface area contributed by atoms with Crippen LogP contribution >= 0.6 is 0 Å². The first-order valence-corrected chi connectivity index (χ1v) is 21.3. The number of benzene rings is 2. The number of amides is 1. The van der Waals surface area contributed by atoms with Crippen LogP contribution in [0.2, 0.25) is 0 Å². The molecule has 14 heteroatoms. The second-order valence-corrected chi connectivity index (χ2v) is 19.7. The largest absolute Gasteiger partial charge is 0.444 e. The van der Waals surface area contributed by atoms with Gasteiger partial charge in [-0.25, -0.2) is 21.6 Å². The summed E-state index contributed by atoms with van der Waals surface area (Å²) in [4.78, 5) is 23.5. The third-order valence-electron chi connectivity index (χ3n) is 11.4. The molecule has 4 fully saturated rings. The van der Waals surface area contributed by atoms with Crippen LogP contribution in [0.3, 0.4) is 0 Å². The number of hydrogen-bond acceptors (Lipinski definition) is 9. The average molecular weight is 795 g/mol. The number of nitrogens with zero attached hydrogens (tertiary/aromatic N) is 5. The Morgan fingerprint density at radius 1 is 0.764 bits per heavy atom. The lowest BCUT2D eigenvalue weighted by Crippen LogP contribution is -2.47. The molecule has 6 unspecified atom stereocenters. The molecule has 1 amide bonds. The monoisotopic (exact) mass is 794 g/mol. The Morgan fingerprint density at radius 2 is 1.27 bits per heavy atom. The fourth-order valence-electron chi connectivity index (χ4n) is 9.02. The maximum Gasteiger partial charge on any atom is 0.410 e. The number of sulfonamides is 2. The molecule has 6 atom stereocenters. The quantitative estimate of drug-likeness (QED) is 0.238. The highest BCUT2D eigenvalue weighted by Gasteiger charge is 2.53. The van der Waals surface area contributed by atoms with Gasteiger partial charge in [-0.15, -0.1) is 0 Å². The normalized spacial score (nSPS) is 25.5. The van der Waals surface area contributed by atoms with Crippen molar-refractivity contribution in [2.75, 3.05) is 26.2 Å². The van der Waals surface area contributed by atoms with E-state index in [1.54, 1.807) is 62.6 Å².